The van der Waals surface area contributed by atoms with Crippen molar-refractivity contribution in [1.82, 2.24) is 10.2 Å². The van der Waals surface area contributed by atoms with E-state index in [1.54, 1.807) is 12.0 Å². The number of methoxy groups -OCH3 is 1. The van der Waals surface area contributed by atoms with Crippen LogP contribution in [0.3, 0.4) is 0 Å². The summed E-state index contributed by atoms with van der Waals surface area (Å²) in [5.41, 5.74) is 2.94. The van der Waals surface area contributed by atoms with E-state index < -0.39 is 6.04 Å². The van der Waals surface area contributed by atoms with Gasteiger partial charge in [0.2, 0.25) is 5.91 Å². The van der Waals surface area contributed by atoms with Gasteiger partial charge in [0.1, 0.15) is 17.5 Å². The summed E-state index contributed by atoms with van der Waals surface area (Å²) < 4.78 is 11.0. The van der Waals surface area contributed by atoms with Gasteiger partial charge in [0.05, 0.1) is 7.11 Å². The zero-order chi connectivity index (χ0) is 22.1. The standard InChI is InChI=1S/C24H32N2O4/c1-6-21(24(28)25-7-2)26(15-19-10-12-20(29-5)13-11-19)23(27)16-30-22-14-17(3)8-9-18(22)4/h8-14,21H,6-7,15-16H2,1-5H3,(H,25,28)/t21-/m1/s1. The molecule has 0 aliphatic rings. The monoisotopic (exact) mass is 412 g/mol. The molecule has 2 aromatic rings. The first-order valence-electron chi connectivity index (χ1n) is 10.3. The van der Waals surface area contributed by atoms with E-state index in [4.69, 9.17) is 9.47 Å². The summed E-state index contributed by atoms with van der Waals surface area (Å²) in [6, 6.07) is 12.8. The highest BCUT2D eigenvalue weighted by atomic mass is 16.5. The fraction of sp³-hybridized carbons (Fsp3) is 0.417. The minimum Gasteiger partial charge on any atom is -0.497 e. The Balaban J connectivity index is 2.22. The van der Waals surface area contributed by atoms with Crippen molar-refractivity contribution in [3.05, 3.63) is 59.2 Å². The van der Waals surface area contributed by atoms with Crippen molar-refractivity contribution in [2.24, 2.45) is 0 Å². The predicted octanol–water partition coefficient (Wildman–Crippen LogP) is 3.63. The molecule has 2 amide bonds. The quantitative estimate of drug-likeness (QED) is 0.647. The van der Waals surface area contributed by atoms with Crippen molar-refractivity contribution in [3.63, 3.8) is 0 Å². The molecule has 0 aliphatic heterocycles. The van der Waals surface area contributed by atoms with Crippen molar-refractivity contribution in [2.45, 2.75) is 46.7 Å². The third kappa shape index (κ3) is 6.24. The van der Waals surface area contributed by atoms with Crippen molar-refractivity contribution in [3.8, 4) is 11.5 Å². The number of carbonyl (C=O) groups is 2. The molecule has 162 valence electrons. The highest BCUT2D eigenvalue weighted by Crippen LogP contribution is 2.20. The Morgan fingerprint density at radius 2 is 1.77 bits per heavy atom. The van der Waals surface area contributed by atoms with Crippen LogP contribution in [-0.2, 0) is 16.1 Å². The molecule has 6 nitrogen and oxygen atoms in total. The van der Waals surface area contributed by atoms with Crippen LogP contribution in [0.5, 0.6) is 11.5 Å². The molecule has 0 saturated heterocycles. The van der Waals surface area contributed by atoms with Crippen molar-refractivity contribution >= 4 is 11.8 Å². The topological polar surface area (TPSA) is 67.9 Å². The van der Waals surface area contributed by atoms with Crippen LogP contribution in [0, 0.1) is 13.8 Å². The molecular weight excluding hydrogens is 380 g/mol. The van der Waals surface area contributed by atoms with Gasteiger partial charge in [-0.05, 0) is 62.1 Å². The molecule has 30 heavy (non-hydrogen) atoms. The maximum absolute atomic E-state index is 13.1. The molecule has 2 aromatic carbocycles. The lowest BCUT2D eigenvalue weighted by molar-refractivity contribution is -0.142. The first-order valence-corrected chi connectivity index (χ1v) is 10.3. The number of amides is 2. The second-order valence-electron chi connectivity index (χ2n) is 7.25. The molecule has 6 heteroatoms. The highest BCUT2D eigenvalue weighted by molar-refractivity contribution is 5.88. The lowest BCUT2D eigenvalue weighted by Gasteiger charge is -2.30. The number of ether oxygens (including phenoxy) is 2. The summed E-state index contributed by atoms with van der Waals surface area (Å²) in [5, 5.41) is 2.83. The molecule has 0 unspecified atom stereocenters. The highest BCUT2D eigenvalue weighted by Gasteiger charge is 2.28. The summed E-state index contributed by atoms with van der Waals surface area (Å²) >= 11 is 0. The Labute approximate surface area is 179 Å². The number of hydrogen-bond acceptors (Lipinski definition) is 4. The molecule has 0 fully saturated rings. The molecule has 0 aromatic heterocycles. The lowest BCUT2D eigenvalue weighted by Crippen LogP contribution is -2.50. The van der Waals surface area contributed by atoms with Crippen molar-refractivity contribution in [1.29, 1.82) is 0 Å². The molecule has 0 aliphatic carbocycles. The molecular formula is C24H32N2O4. The van der Waals surface area contributed by atoms with Gasteiger partial charge in [-0.3, -0.25) is 9.59 Å². The van der Waals surface area contributed by atoms with Gasteiger partial charge in [0.15, 0.2) is 6.61 Å². The summed E-state index contributed by atoms with van der Waals surface area (Å²) in [5.74, 6) is 1.03. The zero-order valence-electron chi connectivity index (χ0n) is 18.5. The number of benzene rings is 2. The van der Waals surface area contributed by atoms with E-state index in [1.807, 2.05) is 70.2 Å². The number of carbonyl (C=O) groups excluding carboxylic acids is 2. The van der Waals surface area contributed by atoms with Gasteiger partial charge in [-0.15, -0.1) is 0 Å². The normalized spacial score (nSPS) is 11.5. The second-order valence-corrected chi connectivity index (χ2v) is 7.25. The molecule has 0 heterocycles. The third-order valence-electron chi connectivity index (χ3n) is 4.94. The van der Waals surface area contributed by atoms with Gasteiger partial charge >= 0.3 is 0 Å². The number of hydrogen-bond donors (Lipinski definition) is 1. The minimum absolute atomic E-state index is 0.129. The lowest BCUT2D eigenvalue weighted by atomic mass is 10.1. The van der Waals surface area contributed by atoms with E-state index in [-0.39, 0.29) is 18.4 Å². The van der Waals surface area contributed by atoms with Crippen LogP contribution in [-0.4, -0.2) is 43.0 Å². The maximum Gasteiger partial charge on any atom is 0.261 e. The number of likely N-dealkylation sites (N-methyl/N-ethyl adjacent to an activating group) is 1. The first kappa shape index (κ1) is 23.3. The summed E-state index contributed by atoms with van der Waals surface area (Å²) in [7, 11) is 1.61. The fourth-order valence-corrected chi connectivity index (χ4v) is 3.22. The molecule has 0 bridgehead atoms. The summed E-state index contributed by atoms with van der Waals surface area (Å²) in [6.07, 6.45) is 0.511. The SMILES string of the molecule is CCNC(=O)[C@@H](CC)N(Cc1ccc(OC)cc1)C(=O)COc1cc(C)ccc1C. The van der Waals surface area contributed by atoms with E-state index in [1.165, 1.54) is 0 Å². The van der Waals surface area contributed by atoms with E-state index in [0.29, 0.717) is 25.3 Å². The van der Waals surface area contributed by atoms with Crippen molar-refractivity contribution < 1.29 is 19.1 Å². The summed E-state index contributed by atoms with van der Waals surface area (Å²) in [4.78, 5) is 27.4. The van der Waals surface area contributed by atoms with Crippen LogP contribution in [0.4, 0.5) is 0 Å². The summed E-state index contributed by atoms with van der Waals surface area (Å²) in [6.45, 7) is 8.39. The van der Waals surface area contributed by atoms with Crippen LogP contribution < -0.4 is 14.8 Å². The van der Waals surface area contributed by atoms with Crippen LogP contribution in [0.25, 0.3) is 0 Å². The molecule has 1 N–H and O–H groups in total. The molecule has 2 rings (SSSR count). The Morgan fingerprint density at radius 3 is 2.37 bits per heavy atom. The Morgan fingerprint density at radius 1 is 1.07 bits per heavy atom. The average Bonchev–Trinajstić information content (AvgIpc) is 2.74. The van der Waals surface area contributed by atoms with E-state index in [0.717, 1.165) is 22.4 Å². The van der Waals surface area contributed by atoms with E-state index in [9.17, 15) is 9.59 Å². The zero-order valence-corrected chi connectivity index (χ0v) is 18.5. The Bertz CT molecular complexity index is 849. The first-order chi connectivity index (χ1) is 14.4. The smallest absolute Gasteiger partial charge is 0.261 e. The Kier molecular flexibility index (Phi) is 8.71. The van der Waals surface area contributed by atoms with Gasteiger partial charge in [-0.25, -0.2) is 0 Å². The largest absolute Gasteiger partial charge is 0.497 e. The number of nitrogens with one attached hydrogen (secondary N) is 1. The predicted molar refractivity (Wildman–Crippen MR) is 118 cm³/mol. The van der Waals surface area contributed by atoms with Crippen LogP contribution in [0.1, 0.15) is 37.0 Å². The van der Waals surface area contributed by atoms with Gasteiger partial charge in [-0.2, -0.15) is 0 Å². The van der Waals surface area contributed by atoms with E-state index in [2.05, 4.69) is 5.32 Å². The Hall–Kier alpha value is -3.02. The number of rotatable bonds is 10. The molecule has 0 radical (unpaired) electrons. The van der Waals surface area contributed by atoms with Crippen LogP contribution in [0.15, 0.2) is 42.5 Å². The van der Waals surface area contributed by atoms with Gasteiger partial charge < -0.3 is 19.7 Å². The minimum atomic E-state index is -0.568. The second kappa shape index (κ2) is 11.2. The van der Waals surface area contributed by atoms with Crippen LogP contribution in [0.2, 0.25) is 0 Å². The number of nitrogens with zero attached hydrogens (tertiary/aromatic N) is 1. The molecule has 0 saturated carbocycles. The van der Waals surface area contributed by atoms with E-state index >= 15 is 0 Å². The van der Waals surface area contributed by atoms with Gasteiger partial charge in [-0.1, -0.05) is 31.2 Å². The van der Waals surface area contributed by atoms with Crippen molar-refractivity contribution in [2.75, 3.05) is 20.3 Å². The van der Waals surface area contributed by atoms with Crippen LogP contribution >= 0.6 is 0 Å². The number of aryl methyl sites for hydroxylation is 2. The van der Waals surface area contributed by atoms with Gasteiger partial charge in [0.25, 0.3) is 5.91 Å². The maximum atomic E-state index is 13.1. The molecule has 1 atom stereocenters. The third-order valence-corrected chi connectivity index (χ3v) is 4.94. The fourth-order valence-electron chi connectivity index (χ4n) is 3.22. The average molecular weight is 413 g/mol. The molecule has 0 spiro atoms. The van der Waals surface area contributed by atoms with Gasteiger partial charge in [0, 0.05) is 13.1 Å².